The number of aldehydes is 1. The van der Waals surface area contributed by atoms with Gasteiger partial charge in [0.1, 0.15) is 18.2 Å². The summed E-state index contributed by atoms with van der Waals surface area (Å²) in [5, 5.41) is 17.8. The van der Waals surface area contributed by atoms with Crippen molar-refractivity contribution < 1.29 is 24.0 Å². The van der Waals surface area contributed by atoms with Crippen LogP contribution in [-0.2, 0) is 14.4 Å². The summed E-state index contributed by atoms with van der Waals surface area (Å²) in [7, 11) is 0. The number of aromatic nitrogens is 2. The van der Waals surface area contributed by atoms with Crippen LogP contribution in [0.15, 0.2) is 40.4 Å². The smallest absolute Gasteiger partial charge is 0.243 e. The molecule has 1 aromatic carbocycles. The zero-order valence-electron chi connectivity index (χ0n) is 24.5. The Morgan fingerprint density at radius 1 is 1.17 bits per heavy atom. The molecule has 2 aliphatic heterocycles. The first-order valence-electron chi connectivity index (χ1n) is 14.6. The van der Waals surface area contributed by atoms with Crippen molar-refractivity contribution in [3.63, 3.8) is 0 Å². The summed E-state index contributed by atoms with van der Waals surface area (Å²) in [5.41, 5.74) is 4.83. The lowest BCUT2D eigenvalue weighted by atomic mass is 9.91. The van der Waals surface area contributed by atoms with Gasteiger partial charge >= 0.3 is 0 Å². The molecular weight excluding hydrogens is 554 g/mol. The number of rotatable bonds is 9. The maximum atomic E-state index is 13.9. The molecule has 224 valence electrons. The summed E-state index contributed by atoms with van der Waals surface area (Å²) in [4.78, 5) is 47.5. The Kier molecular flexibility index (Phi) is 9.08. The summed E-state index contributed by atoms with van der Waals surface area (Å²) in [6, 6.07) is 8.75. The van der Waals surface area contributed by atoms with E-state index in [-0.39, 0.29) is 42.7 Å². The molecule has 2 fully saturated rings. The van der Waals surface area contributed by atoms with Crippen LogP contribution >= 0.6 is 11.3 Å². The van der Waals surface area contributed by atoms with Gasteiger partial charge in [-0.15, -0.1) is 11.3 Å². The fourth-order valence-electron chi connectivity index (χ4n) is 5.95. The Bertz CT molecular complexity index is 1390. The van der Waals surface area contributed by atoms with E-state index in [1.807, 2.05) is 57.5 Å². The summed E-state index contributed by atoms with van der Waals surface area (Å²) in [6.45, 7) is 9.23. The molecule has 0 bridgehead atoms. The molecule has 3 aromatic rings. The lowest BCUT2D eigenvalue weighted by Crippen LogP contribution is -2.48. The molecule has 0 spiro atoms. The maximum absolute atomic E-state index is 13.9. The summed E-state index contributed by atoms with van der Waals surface area (Å²) >= 11 is 1.59. The average molecular weight is 594 g/mol. The first-order chi connectivity index (χ1) is 20.2. The van der Waals surface area contributed by atoms with Crippen LogP contribution in [0.1, 0.15) is 69.0 Å². The fraction of sp³-hybridized carbons (Fsp3) is 0.516. The van der Waals surface area contributed by atoms with Crippen LogP contribution in [0.5, 0.6) is 0 Å². The fourth-order valence-corrected chi connectivity index (χ4v) is 6.77. The van der Waals surface area contributed by atoms with Crippen molar-refractivity contribution >= 4 is 35.3 Å². The number of likely N-dealkylation sites (tertiary alicyclic amines) is 1. The highest BCUT2D eigenvalue weighted by Gasteiger charge is 2.43. The van der Waals surface area contributed by atoms with E-state index >= 15 is 0 Å². The number of nitrogens with zero attached hydrogens (tertiary/aromatic N) is 4. The third-order valence-corrected chi connectivity index (χ3v) is 9.43. The molecule has 4 heterocycles. The van der Waals surface area contributed by atoms with Gasteiger partial charge in [-0.3, -0.25) is 9.59 Å². The number of aryl methyl sites for hydroxylation is 1. The molecule has 2 aliphatic rings. The Balaban J connectivity index is 1.27. The number of hydrogen-bond acceptors (Lipinski definition) is 9. The van der Waals surface area contributed by atoms with E-state index in [1.165, 1.54) is 4.90 Å². The van der Waals surface area contributed by atoms with E-state index < -0.39 is 18.1 Å². The zero-order chi connectivity index (χ0) is 30.0. The van der Waals surface area contributed by atoms with Gasteiger partial charge in [0.05, 0.1) is 28.2 Å². The first-order valence-corrected chi connectivity index (χ1v) is 15.5. The second-order valence-electron chi connectivity index (χ2n) is 11.8. The first kappa shape index (κ1) is 29.9. The van der Waals surface area contributed by atoms with Gasteiger partial charge in [0.15, 0.2) is 11.6 Å². The molecule has 11 heteroatoms. The number of aliphatic hydroxyl groups excluding tert-OH is 1. The third-order valence-electron chi connectivity index (χ3n) is 8.45. The van der Waals surface area contributed by atoms with Gasteiger partial charge in [-0.2, -0.15) is 0 Å². The SMILES string of the molecule is Cc1ncsc1-c1ccc([C@H](C)NC(=O)[C@@H]2CC(O)CN2C(=O)[C@@H](c2cc(N3CCC(C=O)CC3)no2)C(C)C)cc1. The maximum Gasteiger partial charge on any atom is 0.243 e. The third kappa shape index (κ3) is 6.27. The van der Waals surface area contributed by atoms with Gasteiger partial charge in [0.2, 0.25) is 11.8 Å². The van der Waals surface area contributed by atoms with Gasteiger partial charge in [-0.25, -0.2) is 4.98 Å². The number of amides is 2. The molecule has 2 amide bonds. The Morgan fingerprint density at radius 3 is 2.50 bits per heavy atom. The van der Waals surface area contributed by atoms with Crippen molar-refractivity contribution in [1.82, 2.24) is 20.4 Å². The normalized spacial score (nSPS) is 21.0. The largest absolute Gasteiger partial charge is 0.391 e. The highest BCUT2D eigenvalue weighted by atomic mass is 32.1. The van der Waals surface area contributed by atoms with Crippen LogP contribution in [0.2, 0.25) is 0 Å². The molecule has 0 saturated carbocycles. The predicted molar refractivity (Wildman–Crippen MR) is 160 cm³/mol. The second-order valence-corrected chi connectivity index (χ2v) is 12.6. The molecule has 2 saturated heterocycles. The van der Waals surface area contributed by atoms with Crippen LogP contribution in [0.3, 0.4) is 0 Å². The van der Waals surface area contributed by atoms with Crippen LogP contribution in [-0.4, -0.2) is 70.0 Å². The number of carbonyl (C=O) groups excluding carboxylic acids is 3. The van der Waals surface area contributed by atoms with Gasteiger partial charge in [0.25, 0.3) is 0 Å². The standard InChI is InChI=1S/C31H39N5O5S/c1-18(2)28(26-14-27(34-41-26)35-11-9-21(16-37)10-12-35)31(40)36-15-24(38)13-25(36)30(39)33-19(3)22-5-7-23(8-6-22)29-20(4)32-17-42-29/h5-8,14,16-19,21,24-25,28,38H,9-13,15H2,1-4H3,(H,33,39)/t19-,24?,25-,28+/m0/s1. The number of thiazole rings is 1. The van der Waals surface area contributed by atoms with Crippen LogP contribution in [0, 0.1) is 18.8 Å². The van der Waals surface area contributed by atoms with Crippen molar-refractivity contribution in [3.05, 3.63) is 52.9 Å². The highest BCUT2D eigenvalue weighted by Crippen LogP contribution is 2.34. The van der Waals surface area contributed by atoms with Gasteiger partial charge in [-0.05, 0) is 43.7 Å². The topological polar surface area (TPSA) is 129 Å². The van der Waals surface area contributed by atoms with E-state index in [0.29, 0.717) is 24.7 Å². The second kappa shape index (κ2) is 12.7. The zero-order valence-corrected chi connectivity index (χ0v) is 25.3. The molecule has 5 rings (SSSR count). The number of benzene rings is 1. The van der Waals surface area contributed by atoms with Crippen molar-refractivity contribution in [2.45, 2.75) is 71.1 Å². The van der Waals surface area contributed by atoms with Crippen LogP contribution < -0.4 is 10.2 Å². The predicted octanol–water partition coefficient (Wildman–Crippen LogP) is 4.10. The number of piperidine rings is 1. The highest BCUT2D eigenvalue weighted by molar-refractivity contribution is 7.13. The summed E-state index contributed by atoms with van der Waals surface area (Å²) < 4.78 is 5.69. The molecule has 1 unspecified atom stereocenters. The van der Waals surface area contributed by atoms with Gasteiger partial charge in [-0.1, -0.05) is 43.3 Å². The molecule has 2 aromatic heterocycles. The van der Waals surface area contributed by atoms with E-state index in [9.17, 15) is 19.5 Å². The monoisotopic (exact) mass is 593 g/mol. The van der Waals surface area contributed by atoms with Crippen molar-refractivity contribution in [1.29, 1.82) is 0 Å². The van der Waals surface area contributed by atoms with E-state index in [0.717, 1.165) is 40.8 Å². The number of anilines is 1. The molecule has 2 N–H and O–H groups in total. The van der Waals surface area contributed by atoms with Crippen molar-refractivity contribution in [3.8, 4) is 10.4 Å². The van der Waals surface area contributed by atoms with Gasteiger partial charge in [0, 0.05) is 38.0 Å². The number of β-amino-alcohol motifs (C(OH)–C–C–N with tert-alkyl or cyclic N) is 1. The lowest BCUT2D eigenvalue weighted by molar-refractivity contribution is -0.141. The molecule has 10 nitrogen and oxygen atoms in total. The number of aliphatic hydroxyl groups is 1. The van der Waals surface area contributed by atoms with Crippen molar-refractivity contribution in [2.24, 2.45) is 11.8 Å². The minimum absolute atomic E-state index is 0.0670. The number of hydrogen-bond donors (Lipinski definition) is 2. The average Bonchev–Trinajstić information content (AvgIpc) is 3.73. The van der Waals surface area contributed by atoms with E-state index in [2.05, 4.69) is 20.4 Å². The quantitative estimate of drug-likeness (QED) is 0.355. The van der Waals surface area contributed by atoms with E-state index in [4.69, 9.17) is 4.52 Å². The van der Waals surface area contributed by atoms with Gasteiger partial charge < -0.3 is 29.5 Å². The lowest BCUT2D eigenvalue weighted by Gasteiger charge is -2.30. The minimum atomic E-state index is -0.792. The molecule has 42 heavy (non-hydrogen) atoms. The molecule has 0 radical (unpaired) electrons. The van der Waals surface area contributed by atoms with Crippen LogP contribution in [0.4, 0.5) is 5.82 Å². The Morgan fingerprint density at radius 2 is 1.88 bits per heavy atom. The number of nitrogens with one attached hydrogen (secondary N) is 1. The molecule has 4 atom stereocenters. The summed E-state index contributed by atoms with van der Waals surface area (Å²) in [6.07, 6.45) is 1.91. The molecular formula is C31H39N5O5S. The number of carbonyl (C=O) groups is 3. The Labute approximate surface area is 250 Å². The summed E-state index contributed by atoms with van der Waals surface area (Å²) in [5.74, 6) is -0.187. The van der Waals surface area contributed by atoms with E-state index in [1.54, 1.807) is 17.4 Å². The minimum Gasteiger partial charge on any atom is -0.391 e. The van der Waals surface area contributed by atoms with Crippen LogP contribution in [0.25, 0.3) is 10.4 Å². The Hall–Kier alpha value is -3.57. The van der Waals surface area contributed by atoms with Crippen molar-refractivity contribution in [2.75, 3.05) is 24.5 Å². The molecule has 0 aliphatic carbocycles.